The fraction of sp³-hybridized carbons (Fsp3) is 0.421. The van der Waals surface area contributed by atoms with E-state index in [-0.39, 0.29) is 24.5 Å². The van der Waals surface area contributed by atoms with Gasteiger partial charge < -0.3 is 15.7 Å². The summed E-state index contributed by atoms with van der Waals surface area (Å²) in [7, 11) is 0. The number of aliphatic hydroxyl groups is 1. The van der Waals surface area contributed by atoms with Crippen molar-refractivity contribution in [2.45, 2.75) is 39.7 Å². The van der Waals surface area contributed by atoms with Gasteiger partial charge in [-0.15, -0.1) is 0 Å². The number of benzene rings is 1. The molecule has 3 N–H and O–H groups in total. The summed E-state index contributed by atoms with van der Waals surface area (Å²) in [4.78, 5) is 9.23. The molecule has 0 aliphatic carbocycles. The molecule has 0 amide bonds. The number of nitrogens with zero attached hydrogens (tertiary/aromatic N) is 4. The number of hydrogen-bond donors (Lipinski definition) is 3. The van der Waals surface area contributed by atoms with Crippen molar-refractivity contribution < 1.29 is 5.11 Å². The van der Waals surface area contributed by atoms with E-state index < -0.39 is 0 Å². The van der Waals surface area contributed by atoms with Crippen molar-refractivity contribution >= 4 is 34.8 Å². The normalized spacial score (nSPS) is 12.7. The Balaban J connectivity index is 2.07. The number of aromatic nitrogens is 4. The quantitative estimate of drug-likeness (QED) is 0.565. The van der Waals surface area contributed by atoms with E-state index in [2.05, 4.69) is 39.5 Å². The zero-order valence-electron chi connectivity index (χ0n) is 15.9. The van der Waals surface area contributed by atoms with E-state index in [0.29, 0.717) is 16.9 Å². The molecule has 0 saturated heterocycles. The maximum atomic E-state index is 9.64. The molecule has 0 radical (unpaired) electrons. The first kappa shape index (κ1) is 19.4. The monoisotopic (exact) mass is 388 g/mol. The number of anilines is 3. The molecule has 2 aromatic heterocycles. The highest BCUT2D eigenvalue weighted by Crippen LogP contribution is 2.25. The van der Waals surface area contributed by atoms with E-state index in [9.17, 15) is 5.11 Å². The Morgan fingerprint density at radius 1 is 1.19 bits per heavy atom. The van der Waals surface area contributed by atoms with Crippen molar-refractivity contribution in [1.29, 1.82) is 0 Å². The van der Waals surface area contributed by atoms with Crippen LogP contribution in [0.4, 0.5) is 17.6 Å². The van der Waals surface area contributed by atoms with E-state index in [1.807, 2.05) is 44.3 Å². The Bertz CT molecular complexity index is 924. The first-order valence-corrected chi connectivity index (χ1v) is 9.42. The highest BCUT2D eigenvalue weighted by Gasteiger charge is 2.18. The fourth-order valence-corrected chi connectivity index (χ4v) is 2.92. The fourth-order valence-electron chi connectivity index (χ4n) is 2.73. The lowest BCUT2D eigenvalue weighted by Gasteiger charge is -2.20. The summed E-state index contributed by atoms with van der Waals surface area (Å²) in [5.41, 5.74) is 2.56. The van der Waals surface area contributed by atoms with Gasteiger partial charge in [0.05, 0.1) is 18.8 Å². The van der Waals surface area contributed by atoms with Crippen LogP contribution in [0.3, 0.4) is 0 Å². The third kappa shape index (κ3) is 4.31. The van der Waals surface area contributed by atoms with Crippen LogP contribution in [0.2, 0.25) is 5.02 Å². The van der Waals surface area contributed by atoms with Gasteiger partial charge >= 0.3 is 0 Å². The van der Waals surface area contributed by atoms with E-state index in [4.69, 9.17) is 11.6 Å². The molecular formula is C19H25ClN6O. The molecular weight excluding hydrogens is 364 g/mol. The number of fused-ring (bicyclic) bond motifs is 1. The number of hydrogen-bond acceptors (Lipinski definition) is 6. The van der Waals surface area contributed by atoms with Gasteiger partial charge in [0.1, 0.15) is 0 Å². The molecule has 0 saturated carbocycles. The van der Waals surface area contributed by atoms with Crippen molar-refractivity contribution in [2.24, 2.45) is 5.92 Å². The van der Waals surface area contributed by atoms with Crippen molar-refractivity contribution in [3.05, 3.63) is 41.0 Å². The maximum Gasteiger partial charge on any atom is 0.233 e. The summed E-state index contributed by atoms with van der Waals surface area (Å²) in [5, 5.41) is 21.2. The summed E-state index contributed by atoms with van der Waals surface area (Å²) in [6.45, 7) is 8.27. The lowest BCUT2D eigenvalue weighted by atomic mass is 10.1. The first-order valence-electron chi connectivity index (χ1n) is 9.04. The summed E-state index contributed by atoms with van der Waals surface area (Å²) >= 11 is 6.09. The van der Waals surface area contributed by atoms with Gasteiger partial charge in [0.15, 0.2) is 5.65 Å². The van der Waals surface area contributed by atoms with Gasteiger partial charge in [0.25, 0.3) is 0 Å². The summed E-state index contributed by atoms with van der Waals surface area (Å²) in [6.07, 6.45) is 1.81. The minimum atomic E-state index is -0.142. The molecule has 144 valence electrons. The second-order valence-corrected chi connectivity index (χ2v) is 7.61. The van der Waals surface area contributed by atoms with Crippen LogP contribution in [0.15, 0.2) is 30.5 Å². The molecule has 0 aliphatic heterocycles. The number of aliphatic hydroxyl groups excluding tert-OH is 1. The third-order valence-electron chi connectivity index (χ3n) is 4.41. The average molecular weight is 389 g/mol. The Labute approximate surface area is 163 Å². The van der Waals surface area contributed by atoms with Crippen LogP contribution in [-0.2, 0) is 0 Å². The van der Waals surface area contributed by atoms with Gasteiger partial charge in [-0.05, 0) is 30.0 Å². The molecule has 27 heavy (non-hydrogen) atoms. The Morgan fingerprint density at radius 3 is 2.59 bits per heavy atom. The minimum absolute atomic E-state index is 0.000435. The topological polar surface area (TPSA) is 87.4 Å². The molecule has 0 spiro atoms. The smallest absolute Gasteiger partial charge is 0.233 e. The Morgan fingerprint density at radius 2 is 1.96 bits per heavy atom. The second kappa shape index (κ2) is 8.10. The largest absolute Gasteiger partial charge is 0.394 e. The third-order valence-corrected chi connectivity index (χ3v) is 4.65. The van der Waals surface area contributed by atoms with Crippen LogP contribution in [0.5, 0.6) is 0 Å². The minimum Gasteiger partial charge on any atom is -0.394 e. The molecule has 3 rings (SSSR count). The Kier molecular flexibility index (Phi) is 5.82. The van der Waals surface area contributed by atoms with Crippen molar-refractivity contribution in [3.8, 4) is 0 Å². The molecule has 0 aliphatic rings. The van der Waals surface area contributed by atoms with E-state index in [1.54, 1.807) is 4.52 Å². The van der Waals surface area contributed by atoms with Crippen molar-refractivity contribution in [3.63, 3.8) is 0 Å². The number of halogens is 1. The summed E-state index contributed by atoms with van der Waals surface area (Å²) < 4.78 is 1.69. The van der Waals surface area contributed by atoms with Crippen LogP contribution in [0, 0.1) is 5.92 Å². The zero-order valence-corrected chi connectivity index (χ0v) is 16.7. The van der Waals surface area contributed by atoms with Gasteiger partial charge in [-0.1, -0.05) is 45.4 Å². The van der Waals surface area contributed by atoms with E-state index in [0.717, 1.165) is 16.9 Å². The Hall–Kier alpha value is -2.38. The predicted octanol–water partition coefficient (Wildman–Crippen LogP) is 4.07. The van der Waals surface area contributed by atoms with Gasteiger partial charge in [-0.2, -0.15) is 19.6 Å². The summed E-state index contributed by atoms with van der Waals surface area (Å²) in [5.74, 6) is 1.47. The lowest BCUT2D eigenvalue weighted by molar-refractivity contribution is 0.248. The standard InChI is InChI=1S/C19H25ClN6O/c1-11(2)15-9-21-26-17(15)24-18(23-16(10-27)12(3)4)25-19(26)22-14-7-5-6-13(20)8-14/h5-9,11-12,16,27H,10H2,1-4H3,(H2,22,23,24,25)/t16-/m0/s1. The molecule has 0 unspecified atom stereocenters. The van der Waals surface area contributed by atoms with E-state index in [1.165, 1.54) is 0 Å². The number of rotatable bonds is 7. The van der Waals surface area contributed by atoms with Gasteiger partial charge in [-0.25, -0.2) is 0 Å². The summed E-state index contributed by atoms with van der Waals surface area (Å²) in [6, 6.07) is 7.27. The SMILES string of the molecule is CC(C)c1cnn2c(Nc3cccc(Cl)c3)nc(N[C@@H](CO)C(C)C)nc12. The van der Waals surface area contributed by atoms with Crippen LogP contribution >= 0.6 is 11.6 Å². The average Bonchev–Trinajstić information content (AvgIpc) is 3.04. The zero-order chi connectivity index (χ0) is 19.6. The molecule has 0 bridgehead atoms. The van der Waals surface area contributed by atoms with Crippen LogP contribution in [-0.4, -0.2) is 37.3 Å². The first-order chi connectivity index (χ1) is 12.9. The van der Waals surface area contributed by atoms with Crippen LogP contribution in [0.1, 0.15) is 39.2 Å². The molecule has 1 atom stereocenters. The highest BCUT2D eigenvalue weighted by molar-refractivity contribution is 6.30. The number of nitrogens with one attached hydrogen (secondary N) is 2. The maximum absolute atomic E-state index is 9.64. The van der Waals surface area contributed by atoms with Gasteiger partial charge in [-0.3, -0.25) is 0 Å². The van der Waals surface area contributed by atoms with Crippen LogP contribution in [0.25, 0.3) is 5.65 Å². The van der Waals surface area contributed by atoms with Crippen LogP contribution < -0.4 is 10.6 Å². The highest BCUT2D eigenvalue weighted by atomic mass is 35.5. The molecule has 7 nitrogen and oxygen atoms in total. The molecule has 8 heteroatoms. The van der Waals surface area contributed by atoms with Crippen molar-refractivity contribution in [1.82, 2.24) is 19.6 Å². The molecule has 1 aromatic carbocycles. The molecule has 2 heterocycles. The van der Waals surface area contributed by atoms with E-state index >= 15 is 0 Å². The second-order valence-electron chi connectivity index (χ2n) is 7.17. The predicted molar refractivity (Wildman–Crippen MR) is 109 cm³/mol. The molecule has 0 fully saturated rings. The van der Waals surface area contributed by atoms with Gasteiger partial charge in [0.2, 0.25) is 11.9 Å². The van der Waals surface area contributed by atoms with Gasteiger partial charge in [0, 0.05) is 16.3 Å². The molecule has 3 aromatic rings. The van der Waals surface area contributed by atoms with Crippen molar-refractivity contribution in [2.75, 3.05) is 17.2 Å². The lowest BCUT2D eigenvalue weighted by Crippen LogP contribution is -2.30.